The van der Waals surface area contributed by atoms with Crippen molar-refractivity contribution in [2.75, 3.05) is 39.0 Å². The lowest BCUT2D eigenvalue weighted by Gasteiger charge is -2.34. The Kier molecular flexibility index (Phi) is 4.91. The highest BCUT2D eigenvalue weighted by Crippen LogP contribution is 2.28. The third-order valence-electron chi connectivity index (χ3n) is 4.04. The fraction of sp³-hybridized carbons (Fsp3) is 0.600. The van der Waals surface area contributed by atoms with Crippen LogP contribution >= 0.6 is 0 Å². The molecule has 0 radical (unpaired) electrons. The van der Waals surface area contributed by atoms with Gasteiger partial charge in [0.15, 0.2) is 0 Å². The number of nitrogens with one attached hydrogen (secondary N) is 2. The van der Waals surface area contributed by atoms with Crippen LogP contribution in [0.15, 0.2) is 29.2 Å². The van der Waals surface area contributed by atoms with E-state index < -0.39 is 10.0 Å². The summed E-state index contributed by atoms with van der Waals surface area (Å²) in [5.41, 5.74) is 0.839. The lowest BCUT2D eigenvalue weighted by molar-refractivity contribution is 0.253. The molecule has 0 spiro atoms. The van der Waals surface area contributed by atoms with Gasteiger partial charge < -0.3 is 10.6 Å². The summed E-state index contributed by atoms with van der Waals surface area (Å²) in [6.45, 7) is 5.03. The molecule has 0 aromatic heterocycles. The maximum Gasteiger partial charge on any atom is 0.244 e. The molecular weight excluding hydrogens is 286 g/mol. The van der Waals surface area contributed by atoms with Crippen LogP contribution < -0.4 is 10.6 Å². The number of hydrogen-bond acceptors (Lipinski definition) is 4. The summed E-state index contributed by atoms with van der Waals surface area (Å²) in [5.74, 6) is 0. The summed E-state index contributed by atoms with van der Waals surface area (Å²) in [6.07, 6.45) is 2.31. The predicted molar refractivity (Wildman–Crippen MR) is 86.0 cm³/mol. The molecule has 1 aromatic rings. The SMILES string of the molecule is CN(C)S(=O)(=O)c1ccccc1NCC1(C)CCCNC1. The summed E-state index contributed by atoms with van der Waals surface area (Å²) >= 11 is 0. The molecule has 0 amide bonds. The molecule has 1 saturated heterocycles. The van der Waals surface area contributed by atoms with E-state index >= 15 is 0 Å². The van der Waals surface area contributed by atoms with Crippen LogP contribution in [0.3, 0.4) is 0 Å². The Labute approximate surface area is 127 Å². The molecule has 2 rings (SSSR count). The van der Waals surface area contributed by atoms with Crippen LogP contribution in [-0.4, -0.2) is 46.5 Å². The van der Waals surface area contributed by atoms with Crippen LogP contribution in [0.4, 0.5) is 5.69 Å². The van der Waals surface area contributed by atoms with Gasteiger partial charge in [0.05, 0.1) is 5.69 Å². The molecule has 0 bridgehead atoms. The second-order valence-electron chi connectivity index (χ2n) is 6.23. The third-order valence-corrected chi connectivity index (χ3v) is 5.91. The molecule has 1 aromatic carbocycles. The standard InChI is InChI=1S/C15H25N3O2S/c1-15(9-6-10-16-11-15)12-17-13-7-4-5-8-14(13)21(19,20)18(2)3/h4-5,7-8,16-17H,6,9-12H2,1-3H3. The number of hydrogen-bond donors (Lipinski definition) is 2. The molecular formula is C15H25N3O2S. The van der Waals surface area contributed by atoms with Crippen molar-refractivity contribution in [1.82, 2.24) is 9.62 Å². The van der Waals surface area contributed by atoms with Crippen LogP contribution in [0.2, 0.25) is 0 Å². The van der Waals surface area contributed by atoms with Crippen molar-refractivity contribution >= 4 is 15.7 Å². The number of nitrogens with zero attached hydrogens (tertiary/aromatic N) is 1. The number of sulfonamides is 1. The lowest BCUT2D eigenvalue weighted by atomic mass is 9.83. The maximum atomic E-state index is 12.4. The van der Waals surface area contributed by atoms with Crippen LogP contribution in [-0.2, 0) is 10.0 Å². The van der Waals surface area contributed by atoms with Crippen LogP contribution in [0, 0.1) is 5.41 Å². The van der Waals surface area contributed by atoms with Gasteiger partial charge in [-0.3, -0.25) is 0 Å². The molecule has 2 N–H and O–H groups in total. The van der Waals surface area contributed by atoms with Gasteiger partial charge in [0.1, 0.15) is 4.90 Å². The lowest BCUT2D eigenvalue weighted by Crippen LogP contribution is -2.42. The number of anilines is 1. The Morgan fingerprint density at radius 1 is 1.33 bits per heavy atom. The van der Waals surface area contributed by atoms with Gasteiger partial charge in [-0.05, 0) is 36.9 Å². The molecule has 1 heterocycles. The van der Waals surface area contributed by atoms with Crippen molar-refractivity contribution in [3.63, 3.8) is 0 Å². The van der Waals surface area contributed by atoms with Gasteiger partial charge in [-0.25, -0.2) is 12.7 Å². The molecule has 21 heavy (non-hydrogen) atoms. The van der Waals surface area contributed by atoms with E-state index in [2.05, 4.69) is 17.6 Å². The van der Waals surface area contributed by atoms with E-state index in [1.165, 1.54) is 4.31 Å². The molecule has 1 unspecified atom stereocenters. The Hall–Kier alpha value is -1.11. The van der Waals surface area contributed by atoms with Gasteiger partial charge in [0, 0.05) is 27.2 Å². The normalized spacial score (nSPS) is 23.2. The minimum Gasteiger partial charge on any atom is -0.383 e. The second-order valence-corrected chi connectivity index (χ2v) is 8.35. The largest absolute Gasteiger partial charge is 0.383 e. The van der Waals surface area contributed by atoms with Crippen molar-refractivity contribution in [2.45, 2.75) is 24.7 Å². The van der Waals surface area contributed by atoms with Gasteiger partial charge >= 0.3 is 0 Å². The highest BCUT2D eigenvalue weighted by atomic mass is 32.2. The Balaban J connectivity index is 2.18. The summed E-state index contributed by atoms with van der Waals surface area (Å²) in [5, 5.41) is 6.75. The second kappa shape index (κ2) is 6.34. The summed E-state index contributed by atoms with van der Waals surface area (Å²) in [6, 6.07) is 7.10. The number of para-hydroxylation sites is 1. The van der Waals surface area contributed by atoms with Crippen molar-refractivity contribution in [3.05, 3.63) is 24.3 Å². The minimum absolute atomic E-state index is 0.160. The van der Waals surface area contributed by atoms with Gasteiger partial charge in [-0.1, -0.05) is 19.1 Å². The zero-order valence-corrected chi connectivity index (χ0v) is 13.8. The van der Waals surface area contributed by atoms with Crippen LogP contribution in [0.5, 0.6) is 0 Å². The van der Waals surface area contributed by atoms with Crippen molar-refractivity contribution in [1.29, 1.82) is 0 Å². The number of benzene rings is 1. The van der Waals surface area contributed by atoms with E-state index in [-0.39, 0.29) is 5.41 Å². The van der Waals surface area contributed by atoms with Gasteiger partial charge in [0.25, 0.3) is 0 Å². The first-order valence-corrected chi connectivity index (χ1v) is 8.75. The Morgan fingerprint density at radius 2 is 2.05 bits per heavy atom. The molecule has 118 valence electrons. The van der Waals surface area contributed by atoms with Gasteiger partial charge in [0.2, 0.25) is 10.0 Å². The average molecular weight is 311 g/mol. The summed E-state index contributed by atoms with van der Waals surface area (Å²) in [7, 11) is -0.317. The fourth-order valence-corrected chi connectivity index (χ4v) is 3.67. The van der Waals surface area contributed by atoms with E-state index in [0.717, 1.165) is 32.5 Å². The monoisotopic (exact) mass is 311 g/mol. The highest BCUT2D eigenvalue weighted by molar-refractivity contribution is 7.89. The van der Waals surface area contributed by atoms with Gasteiger partial charge in [-0.2, -0.15) is 0 Å². The average Bonchev–Trinajstić information content (AvgIpc) is 2.46. The molecule has 0 saturated carbocycles. The van der Waals surface area contributed by atoms with Crippen LogP contribution in [0.1, 0.15) is 19.8 Å². The first kappa shape index (κ1) is 16.3. The molecule has 1 fully saturated rings. The van der Waals surface area contributed by atoms with E-state index in [1.54, 1.807) is 26.2 Å². The summed E-state index contributed by atoms with van der Waals surface area (Å²) < 4.78 is 26.0. The topological polar surface area (TPSA) is 61.4 Å². The van der Waals surface area contributed by atoms with E-state index in [9.17, 15) is 8.42 Å². The molecule has 1 aliphatic heterocycles. The molecule has 5 nitrogen and oxygen atoms in total. The summed E-state index contributed by atoms with van der Waals surface area (Å²) in [4.78, 5) is 0.336. The predicted octanol–water partition coefficient (Wildman–Crippen LogP) is 1.74. The minimum atomic E-state index is -3.43. The zero-order chi connectivity index (χ0) is 15.5. The number of piperidine rings is 1. The molecule has 0 aliphatic carbocycles. The first-order chi connectivity index (χ1) is 9.85. The van der Waals surface area contributed by atoms with Gasteiger partial charge in [-0.15, -0.1) is 0 Å². The van der Waals surface area contributed by atoms with E-state index in [0.29, 0.717) is 10.6 Å². The molecule has 1 aliphatic rings. The quantitative estimate of drug-likeness (QED) is 0.869. The Bertz CT molecular complexity index is 578. The van der Waals surface area contributed by atoms with E-state index in [4.69, 9.17) is 0 Å². The maximum absolute atomic E-state index is 12.4. The van der Waals surface area contributed by atoms with Crippen molar-refractivity contribution in [2.24, 2.45) is 5.41 Å². The number of rotatable bonds is 5. The molecule has 1 atom stereocenters. The zero-order valence-electron chi connectivity index (χ0n) is 13.0. The smallest absolute Gasteiger partial charge is 0.244 e. The Morgan fingerprint density at radius 3 is 2.67 bits per heavy atom. The van der Waals surface area contributed by atoms with E-state index in [1.807, 2.05) is 12.1 Å². The molecule has 6 heteroatoms. The third kappa shape index (κ3) is 3.75. The first-order valence-electron chi connectivity index (χ1n) is 7.31. The van der Waals surface area contributed by atoms with Crippen LogP contribution in [0.25, 0.3) is 0 Å². The highest BCUT2D eigenvalue weighted by Gasteiger charge is 2.27. The van der Waals surface area contributed by atoms with Crippen molar-refractivity contribution in [3.8, 4) is 0 Å². The van der Waals surface area contributed by atoms with Crippen molar-refractivity contribution < 1.29 is 8.42 Å². The fourth-order valence-electron chi connectivity index (χ4n) is 2.61.